The Morgan fingerprint density at radius 3 is 2.71 bits per heavy atom. The maximum absolute atomic E-state index is 12.0. The van der Waals surface area contributed by atoms with Crippen molar-refractivity contribution in [3.8, 4) is 0 Å². The highest BCUT2D eigenvalue weighted by atomic mass is 16.2. The van der Waals surface area contributed by atoms with E-state index in [0.717, 1.165) is 45.3 Å². The summed E-state index contributed by atoms with van der Waals surface area (Å²) in [4.78, 5) is 14.1. The number of carbonyl (C=O) groups excluding carboxylic acids is 1. The predicted octanol–water partition coefficient (Wildman–Crippen LogP) is 2.56. The Labute approximate surface area is 106 Å². The largest absolute Gasteiger partial charge is 0.341 e. The second-order valence-electron chi connectivity index (χ2n) is 5.06. The molecule has 1 aliphatic rings. The Morgan fingerprint density at radius 2 is 2.00 bits per heavy atom. The van der Waals surface area contributed by atoms with Crippen molar-refractivity contribution >= 4 is 5.91 Å². The third kappa shape index (κ3) is 5.53. The lowest BCUT2D eigenvalue weighted by atomic mass is 10.1. The molecule has 1 heterocycles. The summed E-state index contributed by atoms with van der Waals surface area (Å²) in [5.41, 5.74) is 0. The summed E-state index contributed by atoms with van der Waals surface area (Å²) in [6.07, 6.45) is 7.77. The van der Waals surface area contributed by atoms with Crippen LogP contribution in [0.25, 0.3) is 0 Å². The number of likely N-dealkylation sites (tertiary alicyclic amines) is 1. The van der Waals surface area contributed by atoms with Crippen molar-refractivity contribution in [2.75, 3.05) is 19.6 Å². The van der Waals surface area contributed by atoms with E-state index < -0.39 is 0 Å². The molecule has 0 bridgehead atoms. The van der Waals surface area contributed by atoms with Crippen LogP contribution in [0.3, 0.4) is 0 Å². The van der Waals surface area contributed by atoms with E-state index in [4.69, 9.17) is 0 Å². The van der Waals surface area contributed by atoms with Gasteiger partial charge in [-0.15, -0.1) is 0 Å². The molecule has 1 N–H and O–H groups in total. The smallest absolute Gasteiger partial charge is 0.222 e. The summed E-state index contributed by atoms with van der Waals surface area (Å²) in [5, 5.41) is 3.53. The zero-order valence-corrected chi connectivity index (χ0v) is 11.5. The molecule has 0 saturated carbocycles. The molecule has 1 saturated heterocycles. The van der Waals surface area contributed by atoms with Crippen molar-refractivity contribution in [1.29, 1.82) is 0 Å². The van der Waals surface area contributed by atoms with Crippen LogP contribution in [0.4, 0.5) is 0 Å². The van der Waals surface area contributed by atoms with Crippen LogP contribution in [0.1, 0.15) is 58.8 Å². The van der Waals surface area contributed by atoms with Gasteiger partial charge in [-0.3, -0.25) is 4.79 Å². The first kappa shape index (κ1) is 14.5. The summed E-state index contributed by atoms with van der Waals surface area (Å²) in [6.45, 7) is 7.29. The quantitative estimate of drug-likeness (QED) is 0.774. The van der Waals surface area contributed by atoms with E-state index in [-0.39, 0.29) is 0 Å². The van der Waals surface area contributed by atoms with Gasteiger partial charge in [-0.25, -0.2) is 0 Å². The first-order valence-corrected chi connectivity index (χ1v) is 7.29. The highest BCUT2D eigenvalue weighted by Gasteiger charge is 2.18. The van der Waals surface area contributed by atoms with E-state index in [1.807, 2.05) is 0 Å². The van der Waals surface area contributed by atoms with Gasteiger partial charge in [-0.2, -0.15) is 0 Å². The normalized spacial score (nSPS) is 19.9. The van der Waals surface area contributed by atoms with Crippen molar-refractivity contribution < 1.29 is 4.79 Å². The monoisotopic (exact) mass is 240 g/mol. The Kier molecular flexibility index (Phi) is 7.25. The fourth-order valence-corrected chi connectivity index (χ4v) is 2.36. The Morgan fingerprint density at radius 1 is 1.24 bits per heavy atom. The Bertz CT molecular complexity index is 218. The summed E-state index contributed by atoms with van der Waals surface area (Å²) >= 11 is 0. The molecule has 1 unspecified atom stereocenters. The molecule has 3 nitrogen and oxygen atoms in total. The third-order valence-electron chi connectivity index (χ3n) is 3.54. The number of hydrogen-bond acceptors (Lipinski definition) is 2. The van der Waals surface area contributed by atoms with Gasteiger partial charge in [0.25, 0.3) is 0 Å². The van der Waals surface area contributed by atoms with Gasteiger partial charge in [0.2, 0.25) is 5.91 Å². The molecule has 17 heavy (non-hydrogen) atoms. The highest BCUT2D eigenvalue weighted by molar-refractivity contribution is 5.76. The molecular weight excluding hydrogens is 212 g/mol. The van der Waals surface area contributed by atoms with Crippen LogP contribution in [0.2, 0.25) is 0 Å². The maximum atomic E-state index is 12.0. The molecule has 0 radical (unpaired) electrons. The van der Waals surface area contributed by atoms with E-state index in [2.05, 4.69) is 24.1 Å². The number of nitrogens with zero attached hydrogens (tertiary/aromatic N) is 1. The molecule has 1 rings (SSSR count). The number of amides is 1. The van der Waals surface area contributed by atoms with Gasteiger partial charge in [-0.1, -0.05) is 26.7 Å². The molecule has 0 aromatic heterocycles. The second kappa shape index (κ2) is 8.51. The Balaban J connectivity index is 2.41. The average molecular weight is 240 g/mol. The van der Waals surface area contributed by atoms with Crippen molar-refractivity contribution in [3.05, 3.63) is 0 Å². The SMILES string of the molecule is CCCNC(CC)CN1CCCCCCC1=O. The molecule has 1 amide bonds. The molecule has 3 heteroatoms. The zero-order chi connectivity index (χ0) is 12.5. The van der Waals surface area contributed by atoms with E-state index in [0.29, 0.717) is 11.9 Å². The van der Waals surface area contributed by atoms with E-state index in [1.165, 1.54) is 19.3 Å². The molecule has 1 atom stereocenters. The van der Waals surface area contributed by atoms with Crippen molar-refractivity contribution in [2.24, 2.45) is 0 Å². The van der Waals surface area contributed by atoms with Crippen molar-refractivity contribution in [3.63, 3.8) is 0 Å². The highest BCUT2D eigenvalue weighted by Crippen LogP contribution is 2.12. The van der Waals surface area contributed by atoms with Gasteiger partial charge in [0.1, 0.15) is 0 Å². The number of rotatable bonds is 6. The summed E-state index contributed by atoms with van der Waals surface area (Å²) < 4.78 is 0. The molecule has 100 valence electrons. The predicted molar refractivity (Wildman–Crippen MR) is 72.0 cm³/mol. The molecule has 0 aliphatic carbocycles. The van der Waals surface area contributed by atoms with E-state index in [1.54, 1.807) is 0 Å². The van der Waals surface area contributed by atoms with E-state index in [9.17, 15) is 4.79 Å². The van der Waals surface area contributed by atoms with Crippen LogP contribution >= 0.6 is 0 Å². The minimum Gasteiger partial charge on any atom is -0.341 e. The number of hydrogen-bond donors (Lipinski definition) is 1. The second-order valence-corrected chi connectivity index (χ2v) is 5.06. The van der Waals surface area contributed by atoms with Crippen LogP contribution in [-0.4, -0.2) is 36.5 Å². The van der Waals surface area contributed by atoms with Crippen molar-refractivity contribution in [2.45, 2.75) is 64.8 Å². The summed E-state index contributed by atoms with van der Waals surface area (Å²) in [6, 6.07) is 0.471. The molecule has 1 aliphatic heterocycles. The number of carbonyl (C=O) groups is 1. The molecule has 0 aromatic carbocycles. The average Bonchev–Trinajstić information content (AvgIpc) is 2.33. The minimum atomic E-state index is 0.362. The van der Waals surface area contributed by atoms with Crippen LogP contribution in [0.15, 0.2) is 0 Å². The molecule has 0 aromatic rings. The Hall–Kier alpha value is -0.570. The maximum Gasteiger partial charge on any atom is 0.222 e. The van der Waals surface area contributed by atoms with Gasteiger partial charge < -0.3 is 10.2 Å². The van der Waals surface area contributed by atoms with Gasteiger partial charge in [0.05, 0.1) is 0 Å². The van der Waals surface area contributed by atoms with Crippen LogP contribution in [-0.2, 0) is 4.79 Å². The molecular formula is C14H28N2O. The van der Waals surface area contributed by atoms with Crippen LogP contribution in [0.5, 0.6) is 0 Å². The van der Waals surface area contributed by atoms with Gasteiger partial charge in [-0.05, 0) is 32.2 Å². The zero-order valence-electron chi connectivity index (χ0n) is 11.5. The van der Waals surface area contributed by atoms with Gasteiger partial charge >= 0.3 is 0 Å². The fourth-order valence-electron chi connectivity index (χ4n) is 2.36. The molecule has 0 spiro atoms. The van der Waals surface area contributed by atoms with Crippen LogP contribution in [0, 0.1) is 0 Å². The van der Waals surface area contributed by atoms with Crippen LogP contribution < -0.4 is 5.32 Å². The standard InChI is InChI=1S/C14H28N2O/c1-3-10-15-13(4-2)12-16-11-8-6-5-7-9-14(16)17/h13,15H,3-12H2,1-2H3. The summed E-state index contributed by atoms with van der Waals surface area (Å²) in [7, 11) is 0. The van der Waals surface area contributed by atoms with Gasteiger partial charge in [0, 0.05) is 25.6 Å². The first-order valence-electron chi connectivity index (χ1n) is 7.29. The minimum absolute atomic E-state index is 0.362. The lowest BCUT2D eigenvalue weighted by Gasteiger charge is -2.29. The summed E-state index contributed by atoms with van der Waals surface area (Å²) in [5.74, 6) is 0.362. The number of nitrogens with one attached hydrogen (secondary N) is 1. The topological polar surface area (TPSA) is 32.3 Å². The van der Waals surface area contributed by atoms with Gasteiger partial charge in [0.15, 0.2) is 0 Å². The third-order valence-corrected chi connectivity index (χ3v) is 3.54. The lowest BCUT2D eigenvalue weighted by Crippen LogP contribution is -2.44. The first-order chi connectivity index (χ1) is 8.27. The van der Waals surface area contributed by atoms with E-state index >= 15 is 0 Å². The lowest BCUT2D eigenvalue weighted by molar-refractivity contribution is -0.132. The fraction of sp³-hybridized carbons (Fsp3) is 0.929. The van der Waals surface area contributed by atoms with Crippen molar-refractivity contribution in [1.82, 2.24) is 10.2 Å². The molecule has 1 fully saturated rings.